The molecule has 2 atom stereocenters. The van der Waals surface area contributed by atoms with Crippen LogP contribution in [0, 0.1) is 0 Å². The van der Waals surface area contributed by atoms with Gasteiger partial charge in [0.15, 0.2) is 22.4 Å². The van der Waals surface area contributed by atoms with E-state index in [1.807, 2.05) is 88.1 Å². The van der Waals surface area contributed by atoms with Gasteiger partial charge in [0.25, 0.3) is 5.01 Å². The van der Waals surface area contributed by atoms with E-state index in [9.17, 15) is 18.0 Å². The number of nitrogens with zero attached hydrogens (tertiary/aromatic N) is 2. The van der Waals surface area contributed by atoms with Gasteiger partial charge in [0.05, 0.1) is 24.6 Å². The van der Waals surface area contributed by atoms with Gasteiger partial charge in [0.1, 0.15) is 18.4 Å². The van der Waals surface area contributed by atoms with E-state index >= 15 is 0 Å². The number of alkyl halides is 3. The predicted octanol–water partition coefficient (Wildman–Crippen LogP) is 4.25. The third kappa shape index (κ3) is 8.64. The van der Waals surface area contributed by atoms with Gasteiger partial charge in [-0.2, -0.15) is 17.7 Å². The van der Waals surface area contributed by atoms with Crippen molar-refractivity contribution in [2.24, 2.45) is 7.05 Å². The van der Waals surface area contributed by atoms with Gasteiger partial charge in [0, 0.05) is 0 Å². The quantitative estimate of drug-likeness (QED) is 0.301. The molecule has 1 aromatic heterocycles. The zero-order chi connectivity index (χ0) is 28.2. The minimum absolute atomic E-state index is 0.298. The second-order valence-corrected chi connectivity index (χ2v) is 11.9. The lowest BCUT2D eigenvalue weighted by Crippen LogP contribution is -2.52. The number of aromatic nitrogens is 1. The number of thiazole rings is 1. The number of halogens is 3. The number of hydrogen-bond acceptors (Lipinski definition) is 8. The Hall–Kier alpha value is -2.26. The SMILES string of the molecule is C[n+]1ccsc1[C@H](OCc1ccccc1)[C@@H]1COC(C)(C)N1C(=O)OC(C)(C)C.O=S(=O)([O-])C(F)(F)F. The Bertz CT molecular complexity index is 1150. The summed E-state index contributed by atoms with van der Waals surface area (Å²) in [6, 6.07) is 9.74. The van der Waals surface area contributed by atoms with Gasteiger partial charge in [-0.25, -0.2) is 13.2 Å². The number of rotatable bonds is 5. The van der Waals surface area contributed by atoms with Gasteiger partial charge >= 0.3 is 11.6 Å². The summed E-state index contributed by atoms with van der Waals surface area (Å²) in [6.45, 7) is 10.2. The Morgan fingerprint density at radius 3 is 2.30 bits per heavy atom. The van der Waals surface area contributed by atoms with Crippen molar-refractivity contribution in [3.8, 4) is 0 Å². The lowest BCUT2D eigenvalue weighted by atomic mass is 10.1. The molecule has 1 aliphatic heterocycles. The Morgan fingerprint density at radius 1 is 1.27 bits per heavy atom. The summed E-state index contributed by atoms with van der Waals surface area (Å²) in [5, 5.41) is 3.05. The highest BCUT2D eigenvalue weighted by Crippen LogP contribution is 2.38. The molecule has 0 spiro atoms. The molecular formula is C23H31F3N2O7S2. The zero-order valence-corrected chi connectivity index (χ0v) is 22.9. The van der Waals surface area contributed by atoms with Crippen molar-refractivity contribution in [1.82, 2.24) is 4.90 Å². The zero-order valence-electron chi connectivity index (χ0n) is 21.3. The van der Waals surface area contributed by atoms with Crippen molar-refractivity contribution in [2.45, 2.75) is 70.2 Å². The molecule has 0 unspecified atom stereocenters. The lowest BCUT2D eigenvalue weighted by Gasteiger charge is -2.36. The van der Waals surface area contributed by atoms with Crippen molar-refractivity contribution >= 4 is 27.5 Å². The summed E-state index contributed by atoms with van der Waals surface area (Å²) in [5.74, 6) is 0. The van der Waals surface area contributed by atoms with E-state index in [0.717, 1.165) is 10.6 Å². The number of amides is 1. The van der Waals surface area contributed by atoms with Crippen LogP contribution in [0.15, 0.2) is 41.9 Å². The molecule has 9 nitrogen and oxygen atoms in total. The van der Waals surface area contributed by atoms with Gasteiger partial charge in [0.2, 0.25) is 0 Å². The van der Waals surface area contributed by atoms with Crippen LogP contribution in [0.5, 0.6) is 0 Å². The Balaban J connectivity index is 0.000000521. The number of aryl methyl sites for hydroxylation is 1. The summed E-state index contributed by atoms with van der Waals surface area (Å²) in [5.41, 5.74) is -5.93. The average molecular weight is 569 g/mol. The number of carbonyl (C=O) groups is 1. The molecule has 2 heterocycles. The van der Waals surface area contributed by atoms with E-state index in [0.29, 0.717) is 13.2 Å². The smallest absolute Gasteiger partial charge is 0.485 e. The molecule has 0 bridgehead atoms. The summed E-state index contributed by atoms with van der Waals surface area (Å²) >= 11 is 1.61. The minimum atomic E-state index is -6.09. The molecule has 0 radical (unpaired) electrons. The molecular weight excluding hydrogens is 537 g/mol. The number of carbonyl (C=O) groups excluding carboxylic acids is 1. The van der Waals surface area contributed by atoms with Crippen LogP contribution in [0.3, 0.4) is 0 Å². The van der Waals surface area contributed by atoms with Crippen molar-refractivity contribution in [2.75, 3.05) is 6.61 Å². The number of benzene rings is 1. The van der Waals surface area contributed by atoms with E-state index in [4.69, 9.17) is 27.2 Å². The van der Waals surface area contributed by atoms with E-state index in [1.54, 1.807) is 16.2 Å². The molecule has 1 aliphatic rings. The molecule has 37 heavy (non-hydrogen) atoms. The highest BCUT2D eigenvalue weighted by Gasteiger charge is 2.51. The summed E-state index contributed by atoms with van der Waals surface area (Å²) in [4.78, 5) is 14.8. The van der Waals surface area contributed by atoms with Gasteiger partial charge in [-0.1, -0.05) is 41.7 Å². The van der Waals surface area contributed by atoms with Crippen molar-refractivity contribution in [1.29, 1.82) is 0 Å². The molecule has 1 amide bonds. The van der Waals surface area contributed by atoms with E-state index < -0.39 is 33.0 Å². The topological polar surface area (TPSA) is 109 Å². The fourth-order valence-electron chi connectivity index (χ4n) is 3.44. The van der Waals surface area contributed by atoms with Crippen LogP contribution in [0.2, 0.25) is 0 Å². The third-order valence-electron chi connectivity index (χ3n) is 5.08. The molecule has 0 aliphatic carbocycles. The normalized spacial score (nSPS) is 18.6. The maximum absolute atomic E-state index is 13.1. The van der Waals surface area contributed by atoms with Gasteiger partial charge < -0.3 is 18.8 Å². The molecule has 3 rings (SSSR count). The molecule has 2 aromatic rings. The second-order valence-electron chi connectivity index (χ2n) is 9.64. The maximum Gasteiger partial charge on any atom is 0.485 e. The summed E-state index contributed by atoms with van der Waals surface area (Å²) in [6.07, 6.45) is 1.27. The van der Waals surface area contributed by atoms with Crippen LogP contribution in [-0.2, 0) is 38.0 Å². The number of hydrogen-bond donors (Lipinski definition) is 0. The first-order chi connectivity index (χ1) is 16.8. The summed E-state index contributed by atoms with van der Waals surface area (Å²) < 4.78 is 79.1. The van der Waals surface area contributed by atoms with Gasteiger partial charge in [-0.15, -0.1) is 0 Å². The van der Waals surface area contributed by atoms with E-state index in [2.05, 4.69) is 0 Å². The Kier molecular flexibility index (Phi) is 9.74. The molecule has 0 N–H and O–H groups in total. The van der Waals surface area contributed by atoms with Crippen LogP contribution in [0.25, 0.3) is 0 Å². The minimum Gasteiger partial charge on any atom is -0.741 e. The van der Waals surface area contributed by atoms with Gasteiger partial charge in [-0.3, -0.25) is 4.90 Å². The number of ether oxygens (including phenoxy) is 3. The molecule has 1 fully saturated rings. The van der Waals surface area contributed by atoms with Crippen molar-refractivity contribution in [3.05, 3.63) is 52.5 Å². The monoisotopic (exact) mass is 568 g/mol. The highest BCUT2D eigenvalue weighted by atomic mass is 32.2. The highest BCUT2D eigenvalue weighted by molar-refractivity contribution is 7.86. The Labute approximate surface area is 218 Å². The fourth-order valence-corrected chi connectivity index (χ4v) is 4.41. The van der Waals surface area contributed by atoms with Crippen LogP contribution >= 0.6 is 11.3 Å². The standard InChI is InChI=1S/C22H31N2O4S.CHF3O3S/c1-21(2,3)28-20(25)24-17(15-27-22(24,4)5)18(19-23(6)12-13-29-19)26-14-16-10-8-7-9-11-16;2-1(3,4)8(5,6)7/h7-13,17-18H,14-15H2,1-6H3;(H,5,6,7)/q+1;/p-1/t17-,18+;/m0./s1. The molecule has 1 saturated heterocycles. The lowest BCUT2D eigenvalue weighted by molar-refractivity contribution is -0.678. The summed E-state index contributed by atoms with van der Waals surface area (Å²) in [7, 11) is -4.10. The first-order valence-electron chi connectivity index (χ1n) is 11.1. The molecule has 1 aromatic carbocycles. The largest absolute Gasteiger partial charge is 0.741 e. The first kappa shape index (κ1) is 31.0. The van der Waals surface area contributed by atoms with Crippen LogP contribution in [-0.4, -0.2) is 53.4 Å². The second kappa shape index (κ2) is 11.6. The molecule has 14 heteroatoms. The molecule has 208 valence electrons. The van der Waals surface area contributed by atoms with Crippen molar-refractivity contribution in [3.63, 3.8) is 0 Å². The third-order valence-corrected chi connectivity index (χ3v) is 6.67. The fraction of sp³-hybridized carbons (Fsp3) is 0.565. The molecule has 0 saturated carbocycles. The van der Waals surface area contributed by atoms with Crippen LogP contribution < -0.4 is 4.57 Å². The van der Waals surface area contributed by atoms with E-state index in [-0.39, 0.29) is 12.1 Å². The Morgan fingerprint density at radius 2 is 1.84 bits per heavy atom. The van der Waals surface area contributed by atoms with E-state index in [1.165, 1.54) is 0 Å². The maximum atomic E-state index is 13.1. The van der Waals surface area contributed by atoms with Crippen molar-refractivity contribution < 1.29 is 49.7 Å². The average Bonchev–Trinajstić information content (AvgIpc) is 3.29. The van der Waals surface area contributed by atoms with Crippen LogP contribution in [0.1, 0.15) is 51.3 Å². The first-order valence-corrected chi connectivity index (χ1v) is 13.4. The van der Waals surface area contributed by atoms with Crippen LogP contribution in [0.4, 0.5) is 18.0 Å². The predicted molar refractivity (Wildman–Crippen MR) is 127 cm³/mol. The van der Waals surface area contributed by atoms with Gasteiger partial charge in [-0.05, 0) is 40.2 Å².